The minimum atomic E-state index is -3.80. The van der Waals surface area contributed by atoms with Gasteiger partial charge < -0.3 is 4.42 Å². The van der Waals surface area contributed by atoms with Crippen molar-refractivity contribution < 1.29 is 12.8 Å². The molecule has 3 rings (SSSR count). The van der Waals surface area contributed by atoms with Crippen molar-refractivity contribution in [1.82, 2.24) is 8.87 Å². The summed E-state index contributed by atoms with van der Waals surface area (Å²) < 4.78 is 32.5. The van der Waals surface area contributed by atoms with E-state index in [-0.39, 0.29) is 16.8 Å². The highest BCUT2D eigenvalue weighted by molar-refractivity contribution is 7.89. The molecule has 1 aromatic heterocycles. The van der Waals surface area contributed by atoms with Gasteiger partial charge in [0.15, 0.2) is 0 Å². The molecular formula is C17H16N2O5S. The number of aromatic nitrogens is 1. The van der Waals surface area contributed by atoms with Gasteiger partial charge in [-0.3, -0.25) is 4.57 Å². The molecule has 3 aromatic rings. The molecule has 0 aliphatic rings. The van der Waals surface area contributed by atoms with Gasteiger partial charge in [-0.1, -0.05) is 30.3 Å². The second-order valence-corrected chi connectivity index (χ2v) is 7.68. The van der Waals surface area contributed by atoms with Gasteiger partial charge in [-0.15, -0.1) is 0 Å². The van der Waals surface area contributed by atoms with Crippen LogP contribution in [0.1, 0.15) is 5.56 Å². The van der Waals surface area contributed by atoms with Gasteiger partial charge in [0.25, 0.3) is 0 Å². The lowest BCUT2D eigenvalue weighted by molar-refractivity contribution is 0.432. The van der Waals surface area contributed by atoms with Crippen molar-refractivity contribution in [2.45, 2.75) is 11.4 Å². The molecule has 0 aliphatic carbocycles. The van der Waals surface area contributed by atoms with Crippen LogP contribution >= 0.6 is 0 Å². The second kappa shape index (κ2) is 6.30. The van der Waals surface area contributed by atoms with Crippen molar-refractivity contribution in [2.24, 2.45) is 7.05 Å². The van der Waals surface area contributed by atoms with Gasteiger partial charge in [0.1, 0.15) is 0 Å². The van der Waals surface area contributed by atoms with Gasteiger partial charge in [-0.25, -0.2) is 18.0 Å². The molecule has 7 nitrogen and oxygen atoms in total. The van der Waals surface area contributed by atoms with Crippen molar-refractivity contribution in [3.05, 3.63) is 75.1 Å². The number of aryl methyl sites for hydroxylation is 1. The van der Waals surface area contributed by atoms with Crippen LogP contribution in [-0.4, -0.2) is 24.3 Å². The summed E-state index contributed by atoms with van der Waals surface area (Å²) in [4.78, 5) is 23.4. The first-order chi connectivity index (χ1) is 11.8. The molecule has 0 spiro atoms. The van der Waals surface area contributed by atoms with Crippen molar-refractivity contribution in [3.63, 3.8) is 0 Å². The zero-order chi connectivity index (χ0) is 18.2. The van der Waals surface area contributed by atoms with Crippen LogP contribution in [0.3, 0.4) is 0 Å². The molecule has 0 radical (unpaired) electrons. The maximum Gasteiger partial charge on any atom is 0.422 e. The van der Waals surface area contributed by atoms with Crippen LogP contribution in [0, 0.1) is 0 Å². The van der Waals surface area contributed by atoms with E-state index in [1.165, 1.54) is 36.6 Å². The Balaban J connectivity index is 2.05. The van der Waals surface area contributed by atoms with Gasteiger partial charge in [0.2, 0.25) is 10.0 Å². The van der Waals surface area contributed by atoms with E-state index in [9.17, 15) is 18.0 Å². The first-order valence-electron chi connectivity index (χ1n) is 7.45. The predicted molar refractivity (Wildman–Crippen MR) is 92.8 cm³/mol. The lowest BCUT2D eigenvalue weighted by Gasteiger charge is -2.17. The van der Waals surface area contributed by atoms with Crippen molar-refractivity contribution in [2.75, 3.05) is 7.05 Å². The highest BCUT2D eigenvalue weighted by Crippen LogP contribution is 2.20. The van der Waals surface area contributed by atoms with Crippen molar-refractivity contribution >= 4 is 20.9 Å². The van der Waals surface area contributed by atoms with E-state index >= 15 is 0 Å². The normalized spacial score (nSPS) is 12.0. The molecule has 8 heteroatoms. The molecule has 25 heavy (non-hydrogen) atoms. The van der Waals surface area contributed by atoms with Crippen LogP contribution in [0.5, 0.6) is 0 Å². The van der Waals surface area contributed by atoms with Crippen molar-refractivity contribution in [1.29, 1.82) is 0 Å². The molecule has 0 aliphatic heterocycles. The Labute approximate surface area is 143 Å². The molecular weight excluding hydrogens is 344 g/mol. The summed E-state index contributed by atoms with van der Waals surface area (Å²) in [6, 6.07) is 13.2. The molecule has 0 fully saturated rings. The number of benzene rings is 2. The van der Waals surface area contributed by atoms with Crippen LogP contribution in [0.4, 0.5) is 0 Å². The second-order valence-electron chi connectivity index (χ2n) is 5.64. The minimum Gasteiger partial charge on any atom is -0.372 e. The average Bonchev–Trinajstić information content (AvgIpc) is 2.60. The standard InChI is InChI=1S/C17H16N2O5S/c1-18(11-12-6-4-3-5-7-12)25(22,23)13-8-9-15-14(10-13)16(20)24-17(21)19(15)2/h3-10H,11H2,1-2H3. The van der Waals surface area contributed by atoms with E-state index in [1.807, 2.05) is 30.3 Å². The van der Waals surface area contributed by atoms with Gasteiger partial charge in [-0.05, 0) is 23.8 Å². The number of rotatable bonds is 4. The van der Waals surface area contributed by atoms with Gasteiger partial charge >= 0.3 is 11.4 Å². The lowest BCUT2D eigenvalue weighted by Crippen LogP contribution is -2.27. The molecule has 130 valence electrons. The van der Waals surface area contributed by atoms with Crippen LogP contribution in [0.25, 0.3) is 10.9 Å². The van der Waals surface area contributed by atoms with E-state index in [4.69, 9.17) is 0 Å². The molecule has 0 saturated heterocycles. The predicted octanol–water partition coefficient (Wildman–Crippen LogP) is 1.31. The summed E-state index contributed by atoms with van der Waals surface area (Å²) in [7, 11) is -0.887. The number of sulfonamides is 1. The van der Waals surface area contributed by atoms with Crippen LogP contribution < -0.4 is 11.4 Å². The molecule has 0 saturated carbocycles. The molecule has 0 N–H and O–H groups in total. The van der Waals surface area contributed by atoms with E-state index in [0.29, 0.717) is 5.52 Å². The zero-order valence-electron chi connectivity index (χ0n) is 13.7. The highest BCUT2D eigenvalue weighted by Gasteiger charge is 2.22. The summed E-state index contributed by atoms with van der Waals surface area (Å²) in [6.07, 6.45) is 0. The van der Waals surface area contributed by atoms with E-state index in [2.05, 4.69) is 4.42 Å². The number of hydrogen-bond donors (Lipinski definition) is 0. The molecule has 0 atom stereocenters. The Morgan fingerprint density at radius 1 is 1.08 bits per heavy atom. The first kappa shape index (κ1) is 17.1. The SMILES string of the molecule is CN(Cc1ccccc1)S(=O)(=O)c1ccc2c(c1)c(=O)oc(=O)n2C. The Kier molecular flexibility index (Phi) is 4.32. The topological polar surface area (TPSA) is 89.6 Å². The largest absolute Gasteiger partial charge is 0.422 e. The molecule has 0 amide bonds. The number of hydrogen-bond acceptors (Lipinski definition) is 5. The van der Waals surface area contributed by atoms with E-state index < -0.39 is 21.4 Å². The minimum absolute atomic E-state index is 0.0376. The summed E-state index contributed by atoms with van der Waals surface area (Å²) in [5.41, 5.74) is 0.294. The third kappa shape index (κ3) is 3.13. The maximum atomic E-state index is 12.8. The fraction of sp³-hybridized carbons (Fsp3) is 0.176. The molecule has 2 aromatic carbocycles. The molecule has 1 heterocycles. The average molecular weight is 360 g/mol. The fourth-order valence-electron chi connectivity index (χ4n) is 2.54. The molecule has 0 bridgehead atoms. The van der Waals surface area contributed by atoms with E-state index in [0.717, 1.165) is 10.1 Å². The molecule has 0 unspecified atom stereocenters. The number of nitrogens with zero attached hydrogens (tertiary/aromatic N) is 2. The van der Waals surface area contributed by atoms with Crippen LogP contribution in [0.2, 0.25) is 0 Å². The Morgan fingerprint density at radius 2 is 1.76 bits per heavy atom. The van der Waals surface area contributed by atoms with E-state index in [1.54, 1.807) is 0 Å². The lowest BCUT2D eigenvalue weighted by atomic mass is 10.2. The van der Waals surface area contributed by atoms with Crippen LogP contribution in [0.15, 0.2) is 67.4 Å². The summed E-state index contributed by atoms with van der Waals surface area (Å²) >= 11 is 0. The van der Waals surface area contributed by atoms with Gasteiger partial charge in [0, 0.05) is 20.6 Å². The Hall–Kier alpha value is -2.71. The first-order valence-corrected chi connectivity index (χ1v) is 8.89. The quantitative estimate of drug-likeness (QED) is 0.700. The smallest absolute Gasteiger partial charge is 0.372 e. The summed E-state index contributed by atoms with van der Waals surface area (Å²) in [5.74, 6) is -0.797. The Bertz CT molecular complexity index is 1150. The third-order valence-corrected chi connectivity index (χ3v) is 5.76. The zero-order valence-corrected chi connectivity index (χ0v) is 14.5. The third-order valence-electron chi connectivity index (χ3n) is 3.96. The maximum absolute atomic E-state index is 12.8. The van der Waals surface area contributed by atoms with Crippen molar-refractivity contribution in [3.8, 4) is 0 Å². The number of fused-ring (bicyclic) bond motifs is 1. The Morgan fingerprint density at radius 3 is 2.44 bits per heavy atom. The monoisotopic (exact) mass is 360 g/mol. The highest BCUT2D eigenvalue weighted by atomic mass is 32.2. The van der Waals surface area contributed by atoms with Gasteiger partial charge in [0.05, 0.1) is 15.8 Å². The summed E-state index contributed by atoms with van der Waals surface area (Å²) in [5, 5.41) is 0.0382. The summed E-state index contributed by atoms with van der Waals surface area (Å²) in [6.45, 7) is 0.198. The van der Waals surface area contributed by atoms with Crippen LogP contribution in [-0.2, 0) is 23.6 Å². The van der Waals surface area contributed by atoms with Gasteiger partial charge in [-0.2, -0.15) is 4.31 Å². The fourth-order valence-corrected chi connectivity index (χ4v) is 3.72.